The molecule has 3 heterocycles. The lowest BCUT2D eigenvalue weighted by atomic mass is 9.92. The fraction of sp³-hybridized carbons (Fsp3) is 0.471. The van der Waals surface area contributed by atoms with Crippen LogP contribution in [0, 0.1) is 5.92 Å². The zero-order valence-corrected chi connectivity index (χ0v) is 14.1. The molecule has 0 unspecified atom stereocenters. The fourth-order valence-corrected chi connectivity index (χ4v) is 3.17. The monoisotopic (exact) mass is 326 g/mol. The smallest absolute Gasteiger partial charge is 0.255 e. The first-order valence-electron chi connectivity index (χ1n) is 8.18. The number of hydrogen-bond acceptors (Lipinski definition) is 6. The van der Waals surface area contributed by atoms with E-state index in [2.05, 4.69) is 20.2 Å². The zero-order chi connectivity index (χ0) is 16.9. The van der Waals surface area contributed by atoms with E-state index in [1.165, 1.54) is 6.20 Å². The Morgan fingerprint density at radius 1 is 1.25 bits per heavy atom. The number of hydrogen-bond donors (Lipinski definition) is 0. The third kappa shape index (κ3) is 3.67. The second-order valence-corrected chi connectivity index (χ2v) is 6.32. The maximum atomic E-state index is 12.6. The Labute approximate surface area is 141 Å². The van der Waals surface area contributed by atoms with Gasteiger partial charge in [0.15, 0.2) is 0 Å². The molecule has 3 rings (SSSR count). The number of carbonyl (C=O) groups excluding carboxylic acids is 1. The summed E-state index contributed by atoms with van der Waals surface area (Å²) in [5.74, 6) is 1.33. The highest BCUT2D eigenvalue weighted by atomic mass is 16.2. The summed E-state index contributed by atoms with van der Waals surface area (Å²) in [6.07, 6.45) is 9.47. The second kappa shape index (κ2) is 7.33. The van der Waals surface area contributed by atoms with E-state index in [-0.39, 0.29) is 5.91 Å². The van der Waals surface area contributed by atoms with Gasteiger partial charge in [-0.2, -0.15) is 10.2 Å². The number of piperidine rings is 1. The Kier molecular flexibility index (Phi) is 4.98. The molecule has 1 fully saturated rings. The number of amides is 1. The van der Waals surface area contributed by atoms with Gasteiger partial charge in [0, 0.05) is 39.6 Å². The van der Waals surface area contributed by atoms with E-state index in [0.29, 0.717) is 11.5 Å². The lowest BCUT2D eigenvalue weighted by Gasteiger charge is -2.33. The molecule has 1 amide bonds. The minimum atomic E-state index is 0.0292. The van der Waals surface area contributed by atoms with Gasteiger partial charge in [-0.3, -0.25) is 9.78 Å². The molecule has 24 heavy (non-hydrogen) atoms. The van der Waals surface area contributed by atoms with Crippen molar-refractivity contribution in [3.63, 3.8) is 0 Å². The molecule has 1 aliphatic heterocycles. The molecular weight excluding hydrogens is 304 g/mol. The van der Waals surface area contributed by atoms with Crippen LogP contribution >= 0.6 is 0 Å². The standard InChI is InChI=1S/C17H22N6O/c1-22(2)16-15(18-7-8-19-16)10-13-4-3-9-23(12-13)17(24)14-5-6-20-21-11-14/h5-8,11,13H,3-4,9-10,12H2,1-2H3/t13-/m1/s1. The van der Waals surface area contributed by atoms with Crippen LogP contribution in [0.5, 0.6) is 0 Å². The lowest BCUT2D eigenvalue weighted by Crippen LogP contribution is -2.40. The normalized spacial score (nSPS) is 17.6. The first-order chi connectivity index (χ1) is 11.6. The molecule has 126 valence electrons. The summed E-state index contributed by atoms with van der Waals surface area (Å²) in [5.41, 5.74) is 1.59. The number of carbonyl (C=O) groups is 1. The van der Waals surface area contributed by atoms with E-state index in [0.717, 1.165) is 43.9 Å². The van der Waals surface area contributed by atoms with E-state index in [9.17, 15) is 4.79 Å². The van der Waals surface area contributed by atoms with Crippen molar-refractivity contribution >= 4 is 11.7 Å². The van der Waals surface area contributed by atoms with E-state index < -0.39 is 0 Å². The summed E-state index contributed by atoms with van der Waals surface area (Å²) in [7, 11) is 3.95. The van der Waals surface area contributed by atoms with Gasteiger partial charge in [0.05, 0.1) is 23.7 Å². The highest BCUT2D eigenvalue weighted by Gasteiger charge is 2.26. The molecule has 0 saturated carbocycles. The molecule has 0 spiro atoms. The molecule has 2 aromatic rings. The molecule has 1 aliphatic rings. The molecule has 0 aliphatic carbocycles. The molecular formula is C17H22N6O. The Morgan fingerprint density at radius 3 is 2.83 bits per heavy atom. The van der Waals surface area contributed by atoms with E-state index in [4.69, 9.17) is 0 Å². The second-order valence-electron chi connectivity index (χ2n) is 6.32. The predicted octanol–water partition coefficient (Wildman–Crippen LogP) is 1.43. The third-order valence-corrected chi connectivity index (χ3v) is 4.30. The summed E-state index contributed by atoms with van der Waals surface area (Å²) >= 11 is 0. The quantitative estimate of drug-likeness (QED) is 0.846. The number of nitrogens with zero attached hydrogens (tertiary/aromatic N) is 6. The molecule has 7 nitrogen and oxygen atoms in total. The molecule has 7 heteroatoms. The van der Waals surface area contributed by atoms with Gasteiger partial charge in [-0.25, -0.2) is 4.98 Å². The third-order valence-electron chi connectivity index (χ3n) is 4.30. The summed E-state index contributed by atoms with van der Waals surface area (Å²) in [4.78, 5) is 25.4. The SMILES string of the molecule is CN(C)c1nccnc1C[C@H]1CCCN(C(=O)c2ccnnc2)C1. The first-order valence-corrected chi connectivity index (χ1v) is 8.18. The minimum absolute atomic E-state index is 0.0292. The summed E-state index contributed by atoms with van der Waals surface area (Å²) in [5, 5.41) is 7.53. The van der Waals surface area contributed by atoms with Gasteiger partial charge in [-0.1, -0.05) is 0 Å². The Hall–Kier alpha value is -2.57. The average Bonchev–Trinajstić information content (AvgIpc) is 2.62. The zero-order valence-electron chi connectivity index (χ0n) is 14.1. The summed E-state index contributed by atoms with van der Waals surface area (Å²) in [6.45, 7) is 1.53. The predicted molar refractivity (Wildman–Crippen MR) is 90.7 cm³/mol. The lowest BCUT2D eigenvalue weighted by molar-refractivity contribution is 0.0672. The van der Waals surface area contributed by atoms with Crippen LogP contribution in [-0.4, -0.2) is 58.2 Å². The van der Waals surface area contributed by atoms with Crippen LogP contribution in [0.3, 0.4) is 0 Å². The van der Waals surface area contributed by atoms with Crippen molar-refractivity contribution < 1.29 is 4.79 Å². The van der Waals surface area contributed by atoms with Crippen LogP contribution < -0.4 is 4.90 Å². The highest BCUT2D eigenvalue weighted by molar-refractivity contribution is 5.93. The highest BCUT2D eigenvalue weighted by Crippen LogP contribution is 2.24. The van der Waals surface area contributed by atoms with Crippen LogP contribution in [-0.2, 0) is 6.42 Å². The summed E-state index contributed by atoms with van der Waals surface area (Å²) < 4.78 is 0. The Morgan fingerprint density at radius 2 is 2.08 bits per heavy atom. The molecule has 1 atom stereocenters. The van der Waals surface area contributed by atoms with Gasteiger partial charge >= 0.3 is 0 Å². The van der Waals surface area contributed by atoms with Gasteiger partial charge < -0.3 is 9.80 Å². The molecule has 0 bridgehead atoms. The number of anilines is 1. The number of aromatic nitrogens is 4. The fourth-order valence-electron chi connectivity index (χ4n) is 3.17. The summed E-state index contributed by atoms with van der Waals surface area (Å²) in [6, 6.07) is 1.71. The van der Waals surface area contributed by atoms with Crippen molar-refractivity contribution in [1.29, 1.82) is 0 Å². The van der Waals surface area contributed by atoms with Crippen molar-refractivity contribution in [3.05, 3.63) is 42.1 Å². The molecule has 1 saturated heterocycles. The van der Waals surface area contributed by atoms with E-state index >= 15 is 0 Å². The van der Waals surface area contributed by atoms with E-state index in [1.54, 1.807) is 24.7 Å². The van der Waals surface area contributed by atoms with Gasteiger partial charge in [-0.15, -0.1) is 0 Å². The first kappa shape index (κ1) is 16.3. The Bertz CT molecular complexity index is 690. The van der Waals surface area contributed by atoms with Gasteiger partial charge in [0.25, 0.3) is 5.91 Å². The average molecular weight is 326 g/mol. The van der Waals surface area contributed by atoms with Crippen molar-refractivity contribution in [3.8, 4) is 0 Å². The van der Waals surface area contributed by atoms with Crippen LogP contribution in [0.25, 0.3) is 0 Å². The molecule has 0 radical (unpaired) electrons. The van der Waals surface area contributed by atoms with Gasteiger partial charge in [-0.05, 0) is 31.2 Å². The van der Waals surface area contributed by atoms with Crippen molar-refractivity contribution in [1.82, 2.24) is 25.1 Å². The molecule has 0 N–H and O–H groups in total. The van der Waals surface area contributed by atoms with Gasteiger partial charge in [0.1, 0.15) is 5.82 Å². The minimum Gasteiger partial charge on any atom is -0.361 e. The topological polar surface area (TPSA) is 75.1 Å². The number of rotatable bonds is 4. The van der Waals surface area contributed by atoms with Crippen molar-refractivity contribution in [2.45, 2.75) is 19.3 Å². The van der Waals surface area contributed by atoms with Crippen molar-refractivity contribution in [2.75, 3.05) is 32.1 Å². The maximum absolute atomic E-state index is 12.6. The van der Waals surface area contributed by atoms with Gasteiger partial charge in [0.2, 0.25) is 0 Å². The molecule has 2 aromatic heterocycles. The van der Waals surface area contributed by atoms with Crippen LogP contribution in [0.1, 0.15) is 28.9 Å². The maximum Gasteiger partial charge on any atom is 0.255 e. The molecule has 0 aromatic carbocycles. The van der Waals surface area contributed by atoms with Crippen LogP contribution in [0.2, 0.25) is 0 Å². The Balaban J connectivity index is 1.69. The largest absolute Gasteiger partial charge is 0.361 e. The number of likely N-dealkylation sites (tertiary alicyclic amines) is 1. The van der Waals surface area contributed by atoms with Crippen molar-refractivity contribution in [2.24, 2.45) is 5.92 Å². The van der Waals surface area contributed by atoms with Crippen LogP contribution in [0.4, 0.5) is 5.82 Å². The van der Waals surface area contributed by atoms with E-state index in [1.807, 2.05) is 23.9 Å². The van der Waals surface area contributed by atoms with Crippen LogP contribution in [0.15, 0.2) is 30.9 Å².